The van der Waals surface area contributed by atoms with Crippen LogP contribution in [-0.2, 0) is 4.74 Å². The second-order valence-electron chi connectivity index (χ2n) is 6.64. The van der Waals surface area contributed by atoms with Crippen LogP contribution in [0.25, 0.3) is 5.95 Å². The van der Waals surface area contributed by atoms with Crippen LogP contribution in [0.5, 0.6) is 0 Å². The van der Waals surface area contributed by atoms with Crippen LogP contribution in [0.4, 0.5) is 5.82 Å². The molecule has 1 fully saturated rings. The van der Waals surface area contributed by atoms with Crippen LogP contribution in [0, 0.1) is 19.8 Å². The van der Waals surface area contributed by atoms with Gasteiger partial charge in [0.15, 0.2) is 0 Å². The van der Waals surface area contributed by atoms with E-state index in [1.807, 2.05) is 19.9 Å². The van der Waals surface area contributed by atoms with Crippen molar-refractivity contribution in [3.63, 3.8) is 0 Å². The fraction of sp³-hybridized carbons (Fsp3) is 0.556. The van der Waals surface area contributed by atoms with E-state index in [2.05, 4.69) is 26.9 Å². The molecule has 0 N–H and O–H groups in total. The van der Waals surface area contributed by atoms with Gasteiger partial charge < -0.3 is 9.64 Å². The summed E-state index contributed by atoms with van der Waals surface area (Å²) in [6.07, 6.45) is 3.73. The molecule has 2 aromatic rings. The van der Waals surface area contributed by atoms with E-state index in [1.54, 1.807) is 17.8 Å². The first-order valence-electron chi connectivity index (χ1n) is 8.82. The zero-order chi connectivity index (χ0) is 18.0. The highest BCUT2D eigenvalue weighted by molar-refractivity contribution is 5.94. The molecule has 7 heteroatoms. The Hall–Kier alpha value is -2.44. The van der Waals surface area contributed by atoms with Gasteiger partial charge in [0.25, 0.3) is 5.95 Å². The lowest BCUT2D eigenvalue weighted by Crippen LogP contribution is -2.35. The highest BCUT2D eigenvalue weighted by atomic mass is 16.5. The summed E-state index contributed by atoms with van der Waals surface area (Å²) in [5, 5.41) is 4.45. The fourth-order valence-electron chi connectivity index (χ4n) is 3.11. The number of nitrogens with zero attached hydrogens (tertiary/aromatic N) is 5. The molecule has 25 heavy (non-hydrogen) atoms. The Kier molecular flexibility index (Phi) is 5.01. The molecule has 1 saturated heterocycles. The summed E-state index contributed by atoms with van der Waals surface area (Å²) in [7, 11) is 0. The molecule has 7 nitrogen and oxygen atoms in total. The molecule has 0 bridgehead atoms. The number of carbonyl (C=O) groups excluding carboxylic acids is 1. The third-order valence-electron chi connectivity index (χ3n) is 4.53. The van der Waals surface area contributed by atoms with Crippen LogP contribution in [-0.4, -0.2) is 45.4 Å². The Balaban J connectivity index is 2.02. The van der Waals surface area contributed by atoms with Gasteiger partial charge in [0.05, 0.1) is 12.3 Å². The lowest BCUT2D eigenvalue weighted by molar-refractivity contribution is 0.0526. The van der Waals surface area contributed by atoms with E-state index < -0.39 is 0 Å². The molecule has 0 aliphatic carbocycles. The van der Waals surface area contributed by atoms with E-state index in [1.165, 1.54) is 0 Å². The van der Waals surface area contributed by atoms with Crippen LogP contribution >= 0.6 is 0 Å². The minimum atomic E-state index is -0.379. The highest BCUT2D eigenvalue weighted by Crippen LogP contribution is 2.25. The lowest BCUT2D eigenvalue weighted by atomic mass is 9.99. The topological polar surface area (TPSA) is 73.1 Å². The number of rotatable bonds is 4. The lowest BCUT2D eigenvalue weighted by Gasteiger charge is -2.32. The van der Waals surface area contributed by atoms with Crippen molar-refractivity contribution in [1.29, 1.82) is 0 Å². The molecular weight excluding hydrogens is 318 g/mol. The Morgan fingerprint density at radius 2 is 2.04 bits per heavy atom. The first-order chi connectivity index (χ1) is 12.0. The van der Waals surface area contributed by atoms with E-state index in [0.29, 0.717) is 29.9 Å². The Morgan fingerprint density at radius 1 is 1.32 bits per heavy atom. The van der Waals surface area contributed by atoms with Crippen LogP contribution in [0.15, 0.2) is 12.3 Å². The van der Waals surface area contributed by atoms with Gasteiger partial charge in [0, 0.05) is 25.0 Å². The average molecular weight is 343 g/mol. The van der Waals surface area contributed by atoms with Crippen molar-refractivity contribution < 1.29 is 9.53 Å². The first-order valence-corrected chi connectivity index (χ1v) is 8.82. The Labute approximate surface area is 148 Å². The Bertz CT molecular complexity index is 763. The number of esters is 1. The van der Waals surface area contributed by atoms with Gasteiger partial charge in [-0.25, -0.2) is 14.5 Å². The van der Waals surface area contributed by atoms with Gasteiger partial charge in [-0.05, 0) is 45.6 Å². The van der Waals surface area contributed by atoms with E-state index in [9.17, 15) is 4.79 Å². The molecule has 0 atom stereocenters. The van der Waals surface area contributed by atoms with Crippen molar-refractivity contribution in [2.45, 2.75) is 40.5 Å². The summed E-state index contributed by atoms with van der Waals surface area (Å²) in [6, 6.07) is 1.98. The zero-order valence-electron chi connectivity index (χ0n) is 15.3. The summed E-state index contributed by atoms with van der Waals surface area (Å²) in [5.74, 6) is 1.44. The van der Waals surface area contributed by atoms with Crippen LogP contribution < -0.4 is 4.90 Å². The fourth-order valence-corrected chi connectivity index (χ4v) is 3.11. The minimum Gasteiger partial charge on any atom is -0.462 e. The van der Waals surface area contributed by atoms with Crippen molar-refractivity contribution in [2.24, 2.45) is 5.92 Å². The van der Waals surface area contributed by atoms with Crippen LogP contribution in [0.2, 0.25) is 0 Å². The minimum absolute atomic E-state index is 0.328. The second kappa shape index (κ2) is 7.21. The van der Waals surface area contributed by atoms with Gasteiger partial charge in [-0.15, -0.1) is 0 Å². The number of anilines is 1. The maximum Gasteiger partial charge on any atom is 0.343 e. The molecule has 0 radical (unpaired) electrons. The van der Waals surface area contributed by atoms with Crippen molar-refractivity contribution in [3.05, 3.63) is 29.2 Å². The smallest absolute Gasteiger partial charge is 0.343 e. The molecule has 0 aromatic carbocycles. The van der Waals surface area contributed by atoms with Crippen molar-refractivity contribution in [1.82, 2.24) is 19.7 Å². The quantitative estimate of drug-likeness (QED) is 0.795. The third-order valence-corrected chi connectivity index (χ3v) is 4.53. The SMILES string of the molecule is CCOC(=O)c1cnc(-n2nc(C)cc2C)nc1N1CCC(C)CC1. The van der Waals surface area contributed by atoms with E-state index in [0.717, 1.165) is 37.3 Å². The number of aryl methyl sites for hydroxylation is 2. The van der Waals surface area contributed by atoms with Gasteiger partial charge in [0.1, 0.15) is 11.4 Å². The number of hydrogen-bond acceptors (Lipinski definition) is 6. The molecule has 0 saturated carbocycles. The van der Waals surface area contributed by atoms with E-state index in [4.69, 9.17) is 4.74 Å². The van der Waals surface area contributed by atoms with Gasteiger partial charge in [-0.2, -0.15) is 10.1 Å². The van der Waals surface area contributed by atoms with Crippen molar-refractivity contribution >= 4 is 11.8 Å². The van der Waals surface area contributed by atoms with Crippen LogP contribution in [0.3, 0.4) is 0 Å². The van der Waals surface area contributed by atoms with Crippen LogP contribution in [0.1, 0.15) is 48.4 Å². The van der Waals surface area contributed by atoms with Gasteiger partial charge in [0.2, 0.25) is 0 Å². The maximum absolute atomic E-state index is 12.3. The normalized spacial score (nSPS) is 15.4. The van der Waals surface area contributed by atoms with E-state index >= 15 is 0 Å². The summed E-state index contributed by atoms with van der Waals surface area (Å²) in [4.78, 5) is 23.5. The molecule has 1 aliphatic rings. The highest BCUT2D eigenvalue weighted by Gasteiger charge is 2.25. The van der Waals surface area contributed by atoms with Gasteiger partial charge in [-0.1, -0.05) is 6.92 Å². The molecule has 1 aliphatic heterocycles. The first kappa shape index (κ1) is 17.4. The molecule has 134 valence electrons. The third kappa shape index (κ3) is 3.65. The number of aromatic nitrogens is 4. The number of carbonyl (C=O) groups is 1. The summed E-state index contributed by atoms with van der Waals surface area (Å²) >= 11 is 0. The molecule has 2 aromatic heterocycles. The number of ether oxygens (including phenoxy) is 1. The molecule has 0 unspecified atom stereocenters. The van der Waals surface area contributed by atoms with E-state index in [-0.39, 0.29) is 5.97 Å². The second-order valence-corrected chi connectivity index (χ2v) is 6.64. The molecule has 0 spiro atoms. The molecule has 3 heterocycles. The monoisotopic (exact) mass is 343 g/mol. The average Bonchev–Trinajstić information content (AvgIpc) is 2.93. The predicted octanol–water partition coefficient (Wildman–Crippen LogP) is 2.69. The summed E-state index contributed by atoms with van der Waals surface area (Å²) < 4.78 is 6.89. The zero-order valence-corrected chi connectivity index (χ0v) is 15.3. The summed E-state index contributed by atoms with van der Waals surface area (Å²) in [6.45, 7) is 10.0. The molecule has 0 amide bonds. The summed E-state index contributed by atoms with van der Waals surface area (Å²) in [5.41, 5.74) is 2.28. The molecule has 3 rings (SSSR count). The molecular formula is C18H25N5O2. The van der Waals surface area contributed by atoms with Crippen molar-refractivity contribution in [3.8, 4) is 5.95 Å². The number of piperidine rings is 1. The standard InChI is InChI=1S/C18H25N5O2/c1-5-25-17(24)15-11-19-18(23-14(4)10-13(3)21-23)20-16(15)22-8-6-12(2)7-9-22/h10-12H,5-9H2,1-4H3. The predicted molar refractivity (Wildman–Crippen MR) is 95.2 cm³/mol. The van der Waals surface area contributed by atoms with Gasteiger partial charge in [-0.3, -0.25) is 0 Å². The maximum atomic E-state index is 12.3. The van der Waals surface area contributed by atoms with Crippen molar-refractivity contribution in [2.75, 3.05) is 24.6 Å². The Morgan fingerprint density at radius 3 is 2.64 bits per heavy atom. The largest absolute Gasteiger partial charge is 0.462 e. The number of hydrogen-bond donors (Lipinski definition) is 0. The van der Waals surface area contributed by atoms with Gasteiger partial charge >= 0.3 is 5.97 Å².